The summed E-state index contributed by atoms with van der Waals surface area (Å²) in [6, 6.07) is 14.1. The van der Waals surface area contributed by atoms with Crippen LogP contribution in [0.1, 0.15) is 33.5 Å². The first kappa shape index (κ1) is 15.5. The van der Waals surface area contributed by atoms with Crippen LogP contribution in [0.4, 0.5) is 5.69 Å². The molecule has 2 aromatic rings. The van der Waals surface area contributed by atoms with Gasteiger partial charge in [-0.25, -0.2) is 0 Å². The Balaban J connectivity index is 2.25. The lowest BCUT2D eigenvalue weighted by atomic mass is 9.99. The molecule has 0 aliphatic rings. The van der Waals surface area contributed by atoms with Gasteiger partial charge in [-0.05, 0) is 43.2 Å². The van der Waals surface area contributed by atoms with E-state index in [1.807, 2.05) is 26.0 Å². The second-order valence-corrected chi connectivity index (χ2v) is 5.09. The van der Waals surface area contributed by atoms with E-state index in [1.165, 1.54) is 0 Å². The summed E-state index contributed by atoms with van der Waals surface area (Å²) in [6.45, 7) is 3.96. The van der Waals surface area contributed by atoms with Crippen LogP contribution in [0, 0.1) is 25.2 Å². The van der Waals surface area contributed by atoms with Gasteiger partial charge in [-0.3, -0.25) is 9.59 Å². The molecule has 4 nitrogen and oxygen atoms in total. The van der Waals surface area contributed by atoms with Crippen LogP contribution in [0.15, 0.2) is 42.5 Å². The number of aryl methyl sites for hydroxylation is 2. The largest absolute Gasteiger partial charge is 0.325 e. The molecule has 0 aliphatic carbocycles. The van der Waals surface area contributed by atoms with Crippen LogP contribution >= 0.6 is 0 Å². The number of nitriles is 1. The highest BCUT2D eigenvalue weighted by molar-refractivity contribution is 6.09. The minimum Gasteiger partial charge on any atom is -0.325 e. The lowest BCUT2D eigenvalue weighted by Crippen LogP contribution is -2.11. The van der Waals surface area contributed by atoms with Crippen molar-refractivity contribution in [3.8, 4) is 6.07 Å². The van der Waals surface area contributed by atoms with Crippen molar-refractivity contribution in [2.45, 2.75) is 20.3 Å². The Morgan fingerprint density at radius 1 is 1.05 bits per heavy atom. The molecule has 0 atom stereocenters. The number of hydrogen-bond acceptors (Lipinski definition) is 3. The van der Waals surface area contributed by atoms with Gasteiger partial charge in [0.1, 0.15) is 6.42 Å². The molecule has 0 aromatic heterocycles. The average molecular weight is 292 g/mol. The van der Waals surface area contributed by atoms with Gasteiger partial charge in [-0.1, -0.05) is 24.3 Å². The molecule has 0 unspecified atom stereocenters. The first-order valence-corrected chi connectivity index (χ1v) is 6.90. The van der Waals surface area contributed by atoms with Gasteiger partial charge >= 0.3 is 0 Å². The highest BCUT2D eigenvalue weighted by Gasteiger charge is 2.11. The van der Waals surface area contributed by atoms with Gasteiger partial charge in [-0.2, -0.15) is 5.26 Å². The van der Waals surface area contributed by atoms with Crippen LogP contribution in [0.5, 0.6) is 0 Å². The number of ketones is 1. The highest BCUT2D eigenvalue weighted by atomic mass is 16.1. The number of carbonyl (C=O) groups is 2. The van der Waals surface area contributed by atoms with Crippen molar-refractivity contribution >= 4 is 17.4 Å². The molecule has 2 aromatic carbocycles. The summed E-state index contributed by atoms with van der Waals surface area (Å²) in [6.07, 6.45) is -0.213. The molecule has 0 spiro atoms. The van der Waals surface area contributed by atoms with Gasteiger partial charge in [-0.15, -0.1) is 0 Å². The SMILES string of the molecule is Cc1ccc(C(=O)c2cccc(NC(=O)CC#N)c2)cc1C. The first-order valence-electron chi connectivity index (χ1n) is 6.90. The van der Waals surface area contributed by atoms with Crippen molar-refractivity contribution in [3.05, 3.63) is 64.7 Å². The molecule has 0 fully saturated rings. The third kappa shape index (κ3) is 3.58. The number of amides is 1. The van der Waals surface area contributed by atoms with Gasteiger partial charge < -0.3 is 5.32 Å². The minimum absolute atomic E-state index is 0.0977. The van der Waals surface area contributed by atoms with Gasteiger partial charge in [0.15, 0.2) is 5.78 Å². The van der Waals surface area contributed by atoms with Crippen LogP contribution in [0.25, 0.3) is 0 Å². The zero-order chi connectivity index (χ0) is 16.1. The molecule has 110 valence electrons. The Bertz CT molecular complexity index is 773. The fourth-order valence-corrected chi connectivity index (χ4v) is 2.06. The summed E-state index contributed by atoms with van der Waals surface area (Å²) in [5.74, 6) is -0.488. The Morgan fingerprint density at radius 2 is 1.77 bits per heavy atom. The number of hydrogen-bond donors (Lipinski definition) is 1. The van der Waals surface area contributed by atoms with Crippen LogP contribution in [0.2, 0.25) is 0 Å². The molecule has 0 saturated heterocycles. The number of nitrogens with one attached hydrogen (secondary N) is 1. The van der Waals surface area contributed by atoms with E-state index >= 15 is 0 Å². The topological polar surface area (TPSA) is 70.0 Å². The van der Waals surface area contributed by atoms with E-state index in [2.05, 4.69) is 5.32 Å². The quantitative estimate of drug-likeness (QED) is 0.878. The van der Waals surface area contributed by atoms with Crippen LogP contribution in [-0.4, -0.2) is 11.7 Å². The molecule has 0 bridgehead atoms. The summed E-state index contributed by atoms with van der Waals surface area (Å²) in [7, 11) is 0. The third-order valence-electron chi connectivity index (χ3n) is 3.42. The molecule has 0 heterocycles. The number of benzene rings is 2. The minimum atomic E-state index is -0.390. The smallest absolute Gasteiger partial charge is 0.238 e. The fourth-order valence-electron chi connectivity index (χ4n) is 2.06. The maximum atomic E-state index is 12.5. The van der Waals surface area contributed by atoms with Crippen LogP contribution < -0.4 is 5.32 Å². The van der Waals surface area contributed by atoms with Crippen molar-refractivity contribution in [3.63, 3.8) is 0 Å². The average Bonchev–Trinajstić information content (AvgIpc) is 2.50. The fraction of sp³-hybridized carbons (Fsp3) is 0.167. The highest BCUT2D eigenvalue weighted by Crippen LogP contribution is 2.17. The molecule has 22 heavy (non-hydrogen) atoms. The Kier molecular flexibility index (Phi) is 4.70. The zero-order valence-electron chi connectivity index (χ0n) is 12.5. The number of anilines is 1. The number of carbonyl (C=O) groups excluding carboxylic acids is 2. The first-order chi connectivity index (χ1) is 10.5. The van der Waals surface area contributed by atoms with Crippen molar-refractivity contribution in [1.82, 2.24) is 0 Å². The van der Waals surface area contributed by atoms with E-state index in [0.717, 1.165) is 11.1 Å². The summed E-state index contributed by atoms with van der Waals surface area (Å²) in [5, 5.41) is 11.1. The molecule has 0 radical (unpaired) electrons. The number of nitrogens with zero attached hydrogens (tertiary/aromatic N) is 1. The molecular formula is C18H16N2O2. The summed E-state index contributed by atoms with van der Waals surface area (Å²) in [5.41, 5.74) is 3.81. The number of rotatable bonds is 4. The normalized spacial score (nSPS) is 9.86. The second-order valence-electron chi connectivity index (χ2n) is 5.09. The molecule has 1 amide bonds. The van der Waals surface area contributed by atoms with Crippen molar-refractivity contribution in [1.29, 1.82) is 5.26 Å². The van der Waals surface area contributed by atoms with Crippen LogP contribution in [-0.2, 0) is 4.79 Å². The van der Waals surface area contributed by atoms with Crippen molar-refractivity contribution < 1.29 is 9.59 Å². The maximum Gasteiger partial charge on any atom is 0.238 e. The zero-order valence-corrected chi connectivity index (χ0v) is 12.5. The Labute approximate surface area is 129 Å². The lowest BCUT2D eigenvalue weighted by Gasteiger charge is -2.07. The summed E-state index contributed by atoms with van der Waals surface area (Å²) >= 11 is 0. The lowest BCUT2D eigenvalue weighted by molar-refractivity contribution is -0.115. The van der Waals surface area contributed by atoms with Crippen molar-refractivity contribution in [2.24, 2.45) is 0 Å². The van der Waals surface area contributed by atoms with E-state index in [0.29, 0.717) is 16.8 Å². The van der Waals surface area contributed by atoms with Crippen molar-refractivity contribution in [2.75, 3.05) is 5.32 Å². The molecule has 1 N–H and O–H groups in total. The predicted molar refractivity (Wildman–Crippen MR) is 84.7 cm³/mol. The van der Waals surface area contributed by atoms with Gasteiger partial charge in [0.25, 0.3) is 0 Å². The van der Waals surface area contributed by atoms with Crippen LogP contribution in [0.3, 0.4) is 0 Å². The van der Waals surface area contributed by atoms with Gasteiger partial charge in [0, 0.05) is 16.8 Å². The van der Waals surface area contributed by atoms with Gasteiger partial charge in [0.05, 0.1) is 6.07 Å². The second kappa shape index (κ2) is 6.68. The maximum absolute atomic E-state index is 12.5. The molecule has 2 rings (SSSR count). The molecule has 0 saturated carbocycles. The monoisotopic (exact) mass is 292 g/mol. The molecular weight excluding hydrogens is 276 g/mol. The van der Waals surface area contributed by atoms with E-state index in [-0.39, 0.29) is 12.2 Å². The molecule has 4 heteroatoms. The summed E-state index contributed by atoms with van der Waals surface area (Å²) < 4.78 is 0. The van der Waals surface area contributed by atoms with E-state index in [1.54, 1.807) is 36.4 Å². The Hall–Kier alpha value is -2.93. The molecule has 0 aliphatic heterocycles. The Morgan fingerprint density at radius 3 is 2.45 bits per heavy atom. The third-order valence-corrected chi connectivity index (χ3v) is 3.42. The standard InChI is InChI=1S/C18H16N2O2/c1-12-6-7-15(10-13(12)2)18(22)14-4-3-5-16(11-14)20-17(21)8-9-19/h3-7,10-11H,8H2,1-2H3,(H,20,21). The van der Waals surface area contributed by atoms with E-state index in [4.69, 9.17) is 5.26 Å². The summed E-state index contributed by atoms with van der Waals surface area (Å²) in [4.78, 5) is 23.9. The predicted octanol–water partition coefficient (Wildman–Crippen LogP) is 3.39. The van der Waals surface area contributed by atoms with E-state index < -0.39 is 5.91 Å². The van der Waals surface area contributed by atoms with E-state index in [9.17, 15) is 9.59 Å². The van der Waals surface area contributed by atoms with Gasteiger partial charge in [0.2, 0.25) is 5.91 Å².